The van der Waals surface area contributed by atoms with Gasteiger partial charge in [-0.15, -0.1) is 0 Å². The van der Waals surface area contributed by atoms with Crippen molar-refractivity contribution in [3.05, 3.63) is 91.0 Å². The maximum absolute atomic E-state index is 12.5. The summed E-state index contributed by atoms with van der Waals surface area (Å²) in [6, 6.07) is 25.5. The average Bonchev–Trinajstić information content (AvgIpc) is 3.29. The Bertz CT molecular complexity index is 1140. The number of methoxy groups -OCH3 is 1. The third kappa shape index (κ3) is 5.55. The van der Waals surface area contributed by atoms with Crippen molar-refractivity contribution in [2.75, 3.05) is 12.4 Å². The summed E-state index contributed by atoms with van der Waals surface area (Å²) >= 11 is 1.62. The number of para-hydroxylation sites is 1. The van der Waals surface area contributed by atoms with Crippen molar-refractivity contribution in [2.24, 2.45) is 0 Å². The van der Waals surface area contributed by atoms with Gasteiger partial charge in [0.2, 0.25) is 5.91 Å². The number of carbonyl (C=O) groups is 1. The Morgan fingerprint density at radius 3 is 2.52 bits per heavy atom. The Morgan fingerprint density at radius 1 is 1.00 bits per heavy atom. The smallest absolute Gasteiger partial charge is 0.224 e. The number of rotatable bonds is 8. The highest BCUT2D eigenvalue weighted by molar-refractivity contribution is 7.99. The minimum atomic E-state index is -0.0784. The Kier molecular flexibility index (Phi) is 6.69. The third-order valence-electron chi connectivity index (χ3n) is 4.63. The molecule has 1 N–H and O–H groups in total. The lowest BCUT2D eigenvalue weighted by Crippen LogP contribution is -2.13. The SMILES string of the molecule is COc1ccc(-c2cnc(CCC(=O)Nc3ccccc3Sc3ccccc3)o2)cc1. The fourth-order valence-electron chi connectivity index (χ4n) is 3.02. The molecule has 0 radical (unpaired) electrons. The summed E-state index contributed by atoms with van der Waals surface area (Å²) in [6.45, 7) is 0. The standard InChI is InChI=1S/C25H22N2O3S/c1-29-19-13-11-18(12-14-19)22-17-26-25(30-22)16-15-24(28)27-21-9-5-6-10-23(21)31-20-7-3-2-4-8-20/h2-14,17H,15-16H2,1H3,(H,27,28). The Balaban J connectivity index is 1.35. The molecule has 156 valence electrons. The van der Waals surface area contributed by atoms with Gasteiger partial charge in [-0.25, -0.2) is 4.98 Å². The lowest BCUT2D eigenvalue weighted by Gasteiger charge is -2.10. The van der Waals surface area contributed by atoms with Crippen LogP contribution in [0.3, 0.4) is 0 Å². The van der Waals surface area contributed by atoms with Gasteiger partial charge in [-0.2, -0.15) is 0 Å². The van der Waals surface area contributed by atoms with Gasteiger partial charge in [0.15, 0.2) is 11.7 Å². The molecule has 0 bridgehead atoms. The van der Waals surface area contributed by atoms with Crippen molar-refractivity contribution in [2.45, 2.75) is 22.6 Å². The van der Waals surface area contributed by atoms with Crippen molar-refractivity contribution in [3.8, 4) is 17.1 Å². The first kappa shape index (κ1) is 20.8. The van der Waals surface area contributed by atoms with Gasteiger partial charge >= 0.3 is 0 Å². The van der Waals surface area contributed by atoms with Crippen molar-refractivity contribution in [3.63, 3.8) is 0 Å². The molecule has 0 spiro atoms. The molecule has 6 heteroatoms. The van der Waals surface area contributed by atoms with E-state index in [1.807, 2.05) is 78.9 Å². The van der Waals surface area contributed by atoms with Crippen LogP contribution in [0.5, 0.6) is 5.75 Å². The molecule has 0 aliphatic carbocycles. The maximum atomic E-state index is 12.5. The summed E-state index contributed by atoms with van der Waals surface area (Å²) in [5.74, 6) is 1.91. The molecule has 31 heavy (non-hydrogen) atoms. The van der Waals surface area contributed by atoms with Crippen LogP contribution >= 0.6 is 11.8 Å². The molecule has 0 saturated carbocycles. The molecular formula is C25H22N2O3S. The summed E-state index contributed by atoms with van der Waals surface area (Å²) in [7, 11) is 1.63. The summed E-state index contributed by atoms with van der Waals surface area (Å²) in [5, 5.41) is 3.01. The number of nitrogens with one attached hydrogen (secondary N) is 1. The van der Waals surface area contributed by atoms with E-state index in [0.717, 1.165) is 26.8 Å². The number of benzene rings is 3. The zero-order valence-corrected chi connectivity index (χ0v) is 17.9. The molecule has 1 heterocycles. The number of anilines is 1. The molecule has 0 aliphatic heterocycles. The highest BCUT2D eigenvalue weighted by Gasteiger charge is 2.11. The van der Waals surface area contributed by atoms with Crippen LogP contribution in [0.25, 0.3) is 11.3 Å². The number of hydrogen-bond acceptors (Lipinski definition) is 5. The van der Waals surface area contributed by atoms with E-state index in [1.165, 1.54) is 0 Å². The van der Waals surface area contributed by atoms with Gasteiger partial charge in [0.05, 0.1) is 19.0 Å². The van der Waals surface area contributed by atoms with Gasteiger partial charge in [0.1, 0.15) is 5.75 Å². The molecule has 3 aromatic carbocycles. The fraction of sp³-hybridized carbons (Fsp3) is 0.120. The highest BCUT2D eigenvalue weighted by Crippen LogP contribution is 2.33. The summed E-state index contributed by atoms with van der Waals surface area (Å²) < 4.78 is 11.0. The number of hydrogen-bond donors (Lipinski definition) is 1. The van der Waals surface area contributed by atoms with E-state index in [1.54, 1.807) is 25.1 Å². The van der Waals surface area contributed by atoms with E-state index in [9.17, 15) is 4.79 Å². The maximum Gasteiger partial charge on any atom is 0.224 e. The number of ether oxygens (including phenoxy) is 1. The van der Waals surface area contributed by atoms with E-state index in [2.05, 4.69) is 10.3 Å². The van der Waals surface area contributed by atoms with Gasteiger partial charge in [0.25, 0.3) is 0 Å². The van der Waals surface area contributed by atoms with Gasteiger partial charge in [-0.05, 0) is 48.5 Å². The highest BCUT2D eigenvalue weighted by atomic mass is 32.2. The molecule has 1 aromatic heterocycles. The number of amides is 1. The van der Waals surface area contributed by atoms with E-state index in [4.69, 9.17) is 9.15 Å². The van der Waals surface area contributed by atoms with Crippen LogP contribution in [0, 0.1) is 0 Å². The average molecular weight is 431 g/mol. The number of nitrogens with zero attached hydrogens (tertiary/aromatic N) is 1. The first-order valence-corrected chi connectivity index (χ1v) is 10.7. The second kappa shape index (κ2) is 10.00. The Labute approximate surface area is 185 Å². The zero-order valence-electron chi connectivity index (χ0n) is 17.1. The number of aromatic nitrogens is 1. The predicted molar refractivity (Wildman–Crippen MR) is 122 cm³/mol. The monoisotopic (exact) mass is 430 g/mol. The quantitative estimate of drug-likeness (QED) is 0.367. The molecule has 1 amide bonds. The van der Waals surface area contributed by atoms with E-state index < -0.39 is 0 Å². The predicted octanol–water partition coefficient (Wildman–Crippen LogP) is 6.07. The van der Waals surface area contributed by atoms with E-state index in [0.29, 0.717) is 18.1 Å². The van der Waals surface area contributed by atoms with Crippen LogP contribution < -0.4 is 10.1 Å². The lowest BCUT2D eigenvalue weighted by molar-refractivity contribution is -0.116. The first-order chi connectivity index (χ1) is 15.2. The second-order valence-corrected chi connectivity index (χ2v) is 7.92. The van der Waals surface area contributed by atoms with E-state index in [-0.39, 0.29) is 12.3 Å². The molecule has 0 aliphatic rings. The zero-order chi connectivity index (χ0) is 21.5. The van der Waals surface area contributed by atoms with Gasteiger partial charge in [0, 0.05) is 28.2 Å². The molecule has 0 fully saturated rings. The van der Waals surface area contributed by atoms with Crippen LogP contribution in [0.15, 0.2) is 99.3 Å². The minimum absolute atomic E-state index is 0.0784. The largest absolute Gasteiger partial charge is 0.497 e. The summed E-state index contributed by atoms with van der Waals surface area (Å²) in [4.78, 5) is 19.0. The molecule has 0 atom stereocenters. The summed E-state index contributed by atoms with van der Waals surface area (Å²) in [5.41, 5.74) is 1.71. The first-order valence-electron chi connectivity index (χ1n) is 9.92. The number of carbonyl (C=O) groups excluding carboxylic acids is 1. The molecule has 4 rings (SSSR count). The normalized spacial score (nSPS) is 10.6. The van der Waals surface area contributed by atoms with Crippen molar-refractivity contribution in [1.82, 2.24) is 4.98 Å². The molecular weight excluding hydrogens is 408 g/mol. The van der Waals surface area contributed by atoms with Gasteiger partial charge in [-0.1, -0.05) is 42.1 Å². The third-order valence-corrected chi connectivity index (χ3v) is 5.71. The van der Waals surface area contributed by atoms with Crippen LogP contribution in [-0.2, 0) is 11.2 Å². The summed E-state index contributed by atoms with van der Waals surface area (Å²) in [6.07, 6.45) is 2.39. The van der Waals surface area contributed by atoms with E-state index >= 15 is 0 Å². The minimum Gasteiger partial charge on any atom is -0.497 e. The van der Waals surface area contributed by atoms with Crippen LogP contribution in [0.4, 0.5) is 5.69 Å². The van der Waals surface area contributed by atoms with Gasteiger partial charge in [-0.3, -0.25) is 4.79 Å². The lowest BCUT2D eigenvalue weighted by atomic mass is 10.2. The molecule has 4 aromatic rings. The number of aryl methyl sites for hydroxylation is 1. The van der Waals surface area contributed by atoms with Gasteiger partial charge < -0.3 is 14.5 Å². The topological polar surface area (TPSA) is 64.4 Å². The van der Waals surface area contributed by atoms with Crippen molar-refractivity contribution < 1.29 is 13.9 Å². The Hall–Kier alpha value is -3.51. The van der Waals surface area contributed by atoms with Crippen LogP contribution in [0.1, 0.15) is 12.3 Å². The Morgan fingerprint density at radius 2 is 1.74 bits per heavy atom. The van der Waals surface area contributed by atoms with Crippen molar-refractivity contribution >= 4 is 23.4 Å². The molecule has 0 saturated heterocycles. The van der Waals surface area contributed by atoms with Crippen molar-refractivity contribution in [1.29, 1.82) is 0 Å². The van der Waals surface area contributed by atoms with Crippen LogP contribution in [0.2, 0.25) is 0 Å². The molecule has 5 nitrogen and oxygen atoms in total. The van der Waals surface area contributed by atoms with Crippen LogP contribution in [-0.4, -0.2) is 18.0 Å². The number of oxazole rings is 1. The molecule has 0 unspecified atom stereocenters. The second-order valence-electron chi connectivity index (χ2n) is 6.81. The fourth-order valence-corrected chi connectivity index (χ4v) is 3.94.